The fourth-order valence-electron chi connectivity index (χ4n) is 0.458. The van der Waals surface area contributed by atoms with E-state index in [0.717, 1.165) is 0 Å². The fraction of sp³-hybridized carbons (Fsp3) is 0.800. The summed E-state index contributed by atoms with van der Waals surface area (Å²) in [6.45, 7) is 3.26. The quantitative estimate of drug-likeness (QED) is 0.556. The highest BCUT2D eigenvalue weighted by atomic mass is 19.2. The molecule has 1 unspecified atom stereocenters. The highest BCUT2D eigenvalue weighted by molar-refractivity contribution is 5.73. The summed E-state index contributed by atoms with van der Waals surface area (Å²) in [6.07, 6.45) is 0. The van der Waals surface area contributed by atoms with Gasteiger partial charge in [0.25, 0.3) is 0 Å². The lowest BCUT2D eigenvalue weighted by molar-refractivity contribution is -0.142. The van der Waals surface area contributed by atoms with E-state index in [1.807, 2.05) is 0 Å². The monoisotopic (exact) mass is 135 g/mol. The van der Waals surface area contributed by atoms with E-state index in [-0.39, 0.29) is 5.92 Å². The molecule has 1 atom stereocenters. The number of carboxylic acids is 1. The summed E-state index contributed by atoms with van der Waals surface area (Å²) in [7, 11) is 0. The molecule has 0 aromatic rings. The van der Waals surface area contributed by atoms with E-state index < -0.39 is 12.0 Å². The van der Waals surface area contributed by atoms with Gasteiger partial charge in [0.1, 0.15) is 6.04 Å². The van der Waals surface area contributed by atoms with Crippen molar-refractivity contribution >= 4 is 5.97 Å². The number of rotatable bonds is 3. The Hall–Kier alpha value is -0.640. The number of halogens is 1. The second-order valence-electron chi connectivity index (χ2n) is 2.17. The molecular formula is C5H10FNO2. The van der Waals surface area contributed by atoms with Crippen LogP contribution in [0.1, 0.15) is 13.8 Å². The van der Waals surface area contributed by atoms with Gasteiger partial charge in [-0.3, -0.25) is 4.79 Å². The highest BCUT2D eigenvalue weighted by Crippen LogP contribution is 2.00. The van der Waals surface area contributed by atoms with Gasteiger partial charge < -0.3 is 5.11 Å². The number of carbonyl (C=O) groups is 1. The smallest absolute Gasteiger partial charge is 0.323 e. The molecular weight excluding hydrogens is 125 g/mol. The Labute approximate surface area is 52.8 Å². The molecule has 0 heterocycles. The fourth-order valence-corrected chi connectivity index (χ4v) is 0.458. The molecule has 0 aliphatic carbocycles. The normalized spacial score (nSPS) is 13.8. The van der Waals surface area contributed by atoms with Gasteiger partial charge >= 0.3 is 5.97 Å². The first-order valence-electron chi connectivity index (χ1n) is 2.68. The second kappa shape index (κ2) is 3.40. The van der Waals surface area contributed by atoms with Crippen molar-refractivity contribution in [2.24, 2.45) is 5.92 Å². The van der Waals surface area contributed by atoms with Crippen LogP contribution in [0.15, 0.2) is 0 Å². The minimum atomic E-state index is -1.16. The van der Waals surface area contributed by atoms with Gasteiger partial charge in [-0.15, -0.1) is 10.0 Å². The molecule has 4 heteroatoms. The van der Waals surface area contributed by atoms with Gasteiger partial charge in [-0.25, -0.2) is 0 Å². The van der Waals surface area contributed by atoms with E-state index in [0.29, 0.717) is 0 Å². The molecule has 0 aliphatic heterocycles. The molecule has 0 radical (unpaired) electrons. The van der Waals surface area contributed by atoms with Crippen LogP contribution in [0.25, 0.3) is 0 Å². The molecule has 0 spiro atoms. The predicted octanol–water partition coefficient (Wildman–Crippen LogP) is 0.570. The number of nitrogens with one attached hydrogen (secondary N) is 1. The molecule has 0 aromatic heterocycles. The number of carboxylic acid groups (broad SMARTS) is 1. The van der Waals surface area contributed by atoms with Crippen molar-refractivity contribution in [3.63, 3.8) is 0 Å². The summed E-state index contributed by atoms with van der Waals surface area (Å²) in [5, 5.41) is 8.24. The summed E-state index contributed by atoms with van der Waals surface area (Å²) < 4.78 is 11.5. The van der Waals surface area contributed by atoms with Crippen molar-refractivity contribution in [3.05, 3.63) is 0 Å². The SMILES string of the molecule is CC(C)C(NF)C(=O)O. The standard InChI is InChI=1S/C5H10FNO2/c1-3(2)4(7-6)5(8)9/h3-4,7H,1-2H3,(H,8,9). The van der Waals surface area contributed by atoms with Crippen molar-refractivity contribution in [3.8, 4) is 0 Å². The van der Waals surface area contributed by atoms with Crippen molar-refractivity contribution < 1.29 is 14.4 Å². The Balaban J connectivity index is 3.83. The van der Waals surface area contributed by atoms with Crippen LogP contribution < -0.4 is 5.54 Å². The van der Waals surface area contributed by atoms with Gasteiger partial charge in [0.05, 0.1) is 0 Å². The molecule has 3 nitrogen and oxygen atoms in total. The Morgan fingerprint density at radius 2 is 2.11 bits per heavy atom. The molecule has 0 bridgehead atoms. The number of aliphatic carboxylic acids is 1. The summed E-state index contributed by atoms with van der Waals surface area (Å²) in [6, 6.07) is -1.08. The zero-order chi connectivity index (χ0) is 7.44. The van der Waals surface area contributed by atoms with Crippen molar-refractivity contribution in [1.82, 2.24) is 5.54 Å². The van der Waals surface area contributed by atoms with Crippen LogP contribution in [-0.4, -0.2) is 17.1 Å². The molecule has 2 N–H and O–H groups in total. The third-order valence-corrected chi connectivity index (χ3v) is 1.05. The summed E-state index contributed by atoms with van der Waals surface area (Å²) in [5.41, 5.74) is 1.20. The zero-order valence-electron chi connectivity index (χ0n) is 5.39. The largest absolute Gasteiger partial charge is 0.480 e. The van der Waals surface area contributed by atoms with Gasteiger partial charge in [0, 0.05) is 0 Å². The lowest BCUT2D eigenvalue weighted by Gasteiger charge is -2.10. The van der Waals surface area contributed by atoms with E-state index in [1.54, 1.807) is 13.8 Å². The average molecular weight is 135 g/mol. The van der Waals surface area contributed by atoms with E-state index in [4.69, 9.17) is 5.11 Å². The zero-order valence-corrected chi connectivity index (χ0v) is 5.39. The Kier molecular flexibility index (Phi) is 3.16. The van der Waals surface area contributed by atoms with Crippen LogP contribution in [-0.2, 0) is 4.79 Å². The van der Waals surface area contributed by atoms with Crippen LogP contribution in [0, 0.1) is 5.92 Å². The van der Waals surface area contributed by atoms with Gasteiger partial charge in [0.15, 0.2) is 0 Å². The van der Waals surface area contributed by atoms with Crippen LogP contribution >= 0.6 is 0 Å². The molecule has 0 amide bonds. The highest BCUT2D eigenvalue weighted by Gasteiger charge is 2.20. The van der Waals surface area contributed by atoms with Crippen molar-refractivity contribution in [1.29, 1.82) is 0 Å². The lowest BCUT2D eigenvalue weighted by Crippen LogP contribution is -2.36. The maximum Gasteiger partial charge on any atom is 0.323 e. The molecule has 0 aromatic carbocycles. The third-order valence-electron chi connectivity index (χ3n) is 1.05. The molecule has 9 heavy (non-hydrogen) atoms. The summed E-state index contributed by atoms with van der Waals surface area (Å²) >= 11 is 0. The first-order chi connectivity index (χ1) is 4.09. The Morgan fingerprint density at radius 3 is 2.11 bits per heavy atom. The van der Waals surface area contributed by atoms with Gasteiger partial charge in [-0.05, 0) is 5.92 Å². The molecule has 54 valence electrons. The number of hydrogen-bond donors (Lipinski definition) is 2. The van der Waals surface area contributed by atoms with Crippen molar-refractivity contribution in [2.75, 3.05) is 0 Å². The maximum absolute atomic E-state index is 11.5. The van der Waals surface area contributed by atoms with Gasteiger partial charge in [0.2, 0.25) is 0 Å². The lowest BCUT2D eigenvalue weighted by atomic mass is 10.1. The van der Waals surface area contributed by atoms with Gasteiger partial charge in [-0.2, -0.15) is 0 Å². The molecule has 0 aliphatic rings. The van der Waals surface area contributed by atoms with E-state index >= 15 is 0 Å². The minimum absolute atomic E-state index is 0.229. The summed E-state index contributed by atoms with van der Waals surface area (Å²) in [5.74, 6) is -1.39. The molecule has 0 fully saturated rings. The maximum atomic E-state index is 11.5. The molecule has 0 saturated carbocycles. The Morgan fingerprint density at radius 1 is 1.67 bits per heavy atom. The van der Waals surface area contributed by atoms with Crippen LogP contribution in [0.5, 0.6) is 0 Å². The van der Waals surface area contributed by atoms with E-state index in [9.17, 15) is 9.28 Å². The topological polar surface area (TPSA) is 49.3 Å². The van der Waals surface area contributed by atoms with E-state index in [2.05, 4.69) is 0 Å². The van der Waals surface area contributed by atoms with Gasteiger partial charge in [-0.1, -0.05) is 13.8 Å². The Bertz CT molecular complexity index is 105. The van der Waals surface area contributed by atoms with E-state index in [1.165, 1.54) is 5.54 Å². The first-order valence-corrected chi connectivity index (χ1v) is 2.68. The average Bonchev–Trinajstić information content (AvgIpc) is 1.64. The van der Waals surface area contributed by atoms with Crippen LogP contribution in [0.3, 0.4) is 0 Å². The number of hydrogen-bond acceptors (Lipinski definition) is 2. The van der Waals surface area contributed by atoms with Crippen LogP contribution in [0.4, 0.5) is 4.48 Å². The van der Waals surface area contributed by atoms with Crippen molar-refractivity contribution in [2.45, 2.75) is 19.9 Å². The minimum Gasteiger partial charge on any atom is -0.480 e. The summed E-state index contributed by atoms with van der Waals surface area (Å²) in [4.78, 5) is 10.1. The second-order valence-corrected chi connectivity index (χ2v) is 2.17. The predicted molar refractivity (Wildman–Crippen MR) is 30.5 cm³/mol. The third kappa shape index (κ3) is 2.41. The first kappa shape index (κ1) is 8.36. The molecule has 0 saturated heterocycles. The van der Waals surface area contributed by atoms with Crippen LogP contribution in [0.2, 0.25) is 0 Å². The molecule has 0 rings (SSSR count).